The topological polar surface area (TPSA) is 102 Å². The molecule has 0 aliphatic carbocycles. The van der Waals surface area contributed by atoms with Crippen molar-refractivity contribution in [1.29, 1.82) is 0 Å². The van der Waals surface area contributed by atoms with Gasteiger partial charge in [0.05, 0.1) is 12.3 Å². The molecular formula is C30H30N2O6. The number of ether oxygens (including phenoxy) is 2. The Morgan fingerprint density at radius 3 is 2.45 bits per heavy atom. The summed E-state index contributed by atoms with van der Waals surface area (Å²) >= 11 is 0. The van der Waals surface area contributed by atoms with Crippen molar-refractivity contribution in [2.24, 2.45) is 0 Å². The SMILES string of the molecule is Cc1ccc(OC(=O)N(CC(=O)O)Cc2cccc(OCCc3nc(-c4ccccc4)oc3C)c2)cc1C. The fourth-order valence-corrected chi connectivity index (χ4v) is 3.87. The van der Waals surface area contributed by atoms with Crippen LogP contribution in [0.1, 0.15) is 28.1 Å². The molecule has 0 bridgehead atoms. The maximum Gasteiger partial charge on any atom is 0.416 e. The number of aromatic nitrogens is 1. The maximum absolute atomic E-state index is 12.8. The molecule has 1 heterocycles. The Kier molecular flexibility index (Phi) is 8.43. The first-order chi connectivity index (χ1) is 18.3. The van der Waals surface area contributed by atoms with E-state index in [0.29, 0.717) is 36.0 Å². The summed E-state index contributed by atoms with van der Waals surface area (Å²) in [7, 11) is 0. The van der Waals surface area contributed by atoms with Crippen molar-refractivity contribution in [3.05, 3.63) is 101 Å². The van der Waals surface area contributed by atoms with Crippen molar-refractivity contribution in [2.45, 2.75) is 33.7 Å². The van der Waals surface area contributed by atoms with E-state index < -0.39 is 18.6 Å². The van der Waals surface area contributed by atoms with Gasteiger partial charge in [-0.3, -0.25) is 9.69 Å². The minimum absolute atomic E-state index is 0.0516. The normalized spacial score (nSPS) is 10.7. The van der Waals surface area contributed by atoms with E-state index in [1.807, 2.05) is 63.2 Å². The quantitative estimate of drug-likeness (QED) is 0.278. The van der Waals surface area contributed by atoms with Crippen LogP contribution in [0.25, 0.3) is 11.5 Å². The van der Waals surface area contributed by atoms with Crippen LogP contribution >= 0.6 is 0 Å². The van der Waals surface area contributed by atoms with Gasteiger partial charge in [-0.1, -0.05) is 36.4 Å². The Morgan fingerprint density at radius 2 is 1.71 bits per heavy atom. The van der Waals surface area contributed by atoms with Gasteiger partial charge in [0, 0.05) is 18.5 Å². The Morgan fingerprint density at radius 1 is 0.921 bits per heavy atom. The number of aliphatic carboxylic acids is 1. The number of aryl methyl sites for hydroxylation is 3. The van der Waals surface area contributed by atoms with Gasteiger partial charge in [0.2, 0.25) is 5.89 Å². The molecular weight excluding hydrogens is 484 g/mol. The van der Waals surface area contributed by atoms with Crippen molar-refractivity contribution in [3.8, 4) is 23.0 Å². The van der Waals surface area contributed by atoms with Crippen molar-refractivity contribution in [1.82, 2.24) is 9.88 Å². The van der Waals surface area contributed by atoms with Gasteiger partial charge in [-0.05, 0) is 73.9 Å². The zero-order valence-electron chi connectivity index (χ0n) is 21.6. The molecule has 0 radical (unpaired) electrons. The number of carboxylic acid groups (broad SMARTS) is 1. The van der Waals surface area contributed by atoms with Crippen LogP contribution in [-0.4, -0.2) is 40.2 Å². The summed E-state index contributed by atoms with van der Waals surface area (Å²) in [4.78, 5) is 30.0. The van der Waals surface area contributed by atoms with Crippen LogP contribution in [0.2, 0.25) is 0 Å². The highest BCUT2D eigenvalue weighted by atomic mass is 16.6. The average molecular weight is 515 g/mol. The van der Waals surface area contributed by atoms with Crippen molar-refractivity contribution in [3.63, 3.8) is 0 Å². The molecule has 0 atom stereocenters. The molecule has 0 aliphatic heterocycles. The monoisotopic (exact) mass is 514 g/mol. The molecule has 0 saturated heterocycles. The fourth-order valence-electron chi connectivity index (χ4n) is 3.87. The third kappa shape index (κ3) is 7.00. The lowest BCUT2D eigenvalue weighted by molar-refractivity contribution is -0.138. The molecule has 0 spiro atoms. The molecule has 0 unspecified atom stereocenters. The standard InChI is InChI=1S/C30H30N2O6/c1-20-12-13-26(16-21(20)2)38-30(35)32(19-28(33)34)18-23-8-7-11-25(17-23)36-15-14-27-22(3)37-29(31-27)24-9-5-4-6-10-24/h4-13,16-17H,14-15,18-19H2,1-3H3,(H,33,34). The fraction of sp³-hybridized carbons (Fsp3) is 0.233. The summed E-state index contributed by atoms with van der Waals surface area (Å²) < 4.78 is 17.2. The Labute approximate surface area is 221 Å². The smallest absolute Gasteiger partial charge is 0.416 e. The molecule has 1 amide bonds. The van der Waals surface area contributed by atoms with Crippen LogP contribution in [0.15, 0.2) is 77.2 Å². The molecule has 1 N–H and O–H groups in total. The molecule has 3 aromatic carbocycles. The molecule has 0 aliphatic rings. The third-order valence-corrected chi connectivity index (χ3v) is 6.06. The lowest BCUT2D eigenvalue weighted by Gasteiger charge is -2.21. The van der Waals surface area contributed by atoms with Crippen molar-refractivity contribution in [2.75, 3.05) is 13.2 Å². The van der Waals surface area contributed by atoms with Gasteiger partial charge in [0.15, 0.2) is 0 Å². The summed E-state index contributed by atoms with van der Waals surface area (Å²) in [5.41, 5.74) is 4.49. The molecule has 8 heteroatoms. The van der Waals surface area contributed by atoms with E-state index in [-0.39, 0.29) is 6.54 Å². The Balaban J connectivity index is 1.38. The van der Waals surface area contributed by atoms with Gasteiger partial charge in [0.1, 0.15) is 23.8 Å². The van der Waals surface area contributed by atoms with Gasteiger partial charge in [-0.25, -0.2) is 9.78 Å². The number of hydrogen-bond donors (Lipinski definition) is 1. The van der Waals surface area contributed by atoms with E-state index in [0.717, 1.165) is 33.0 Å². The van der Waals surface area contributed by atoms with E-state index >= 15 is 0 Å². The first-order valence-electron chi connectivity index (χ1n) is 12.3. The van der Waals surface area contributed by atoms with Crippen LogP contribution in [0, 0.1) is 20.8 Å². The molecule has 1 aromatic heterocycles. The van der Waals surface area contributed by atoms with Crippen LogP contribution in [0.4, 0.5) is 4.79 Å². The number of rotatable bonds is 10. The molecule has 4 aromatic rings. The molecule has 38 heavy (non-hydrogen) atoms. The highest BCUT2D eigenvalue weighted by Gasteiger charge is 2.20. The van der Waals surface area contributed by atoms with E-state index in [4.69, 9.17) is 13.9 Å². The summed E-state index contributed by atoms with van der Waals surface area (Å²) in [5.74, 6) is 1.15. The van der Waals surface area contributed by atoms with Gasteiger partial charge in [-0.15, -0.1) is 0 Å². The van der Waals surface area contributed by atoms with Crippen LogP contribution in [-0.2, 0) is 17.8 Å². The molecule has 4 rings (SSSR count). The zero-order chi connectivity index (χ0) is 27.1. The van der Waals surface area contributed by atoms with Crippen molar-refractivity contribution >= 4 is 12.1 Å². The minimum Gasteiger partial charge on any atom is -0.493 e. The zero-order valence-corrected chi connectivity index (χ0v) is 21.6. The second kappa shape index (κ2) is 12.1. The highest BCUT2D eigenvalue weighted by Crippen LogP contribution is 2.23. The number of nitrogens with zero attached hydrogens (tertiary/aromatic N) is 2. The van der Waals surface area contributed by atoms with Gasteiger partial charge in [0.25, 0.3) is 0 Å². The molecule has 8 nitrogen and oxygen atoms in total. The third-order valence-electron chi connectivity index (χ3n) is 6.06. The van der Waals surface area contributed by atoms with Crippen LogP contribution < -0.4 is 9.47 Å². The Bertz CT molecular complexity index is 1410. The summed E-state index contributed by atoms with van der Waals surface area (Å²) in [6.45, 7) is 5.68. The van der Waals surface area contributed by atoms with Crippen LogP contribution in [0.5, 0.6) is 11.5 Å². The predicted octanol–water partition coefficient (Wildman–Crippen LogP) is 5.97. The van der Waals surface area contributed by atoms with E-state index in [1.54, 1.807) is 30.3 Å². The lowest BCUT2D eigenvalue weighted by atomic mass is 10.1. The number of carboxylic acids is 1. The average Bonchev–Trinajstić information content (AvgIpc) is 3.26. The largest absolute Gasteiger partial charge is 0.493 e. The first-order valence-corrected chi connectivity index (χ1v) is 12.3. The minimum atomic E-state index is -1.13. The molecule has 196 valence electrons. The maximum atomic E-state index is 12.8. The van der Waals surface area contributed by atoms with Gasteiger partial charge >= 0.3 is 12.1 Å². The van der Waals surface area contributed by atoms with Crippen molar-refractivity contribution < 1.29 is 28.6 Å². The number of oxazole rings is 1. The lowest BCUT2D eigenvalue weighted by Crippen LogP contribution is -2.37. The summed E-state index contributed by atoms with van der Waals surface area (Å²) in [5, 5.41) is 9.35. The molecule has 0 fully saturated rings. The Hall–Kier alpha value is -4.59. The van der Waals surface area contributed by atoms with E-state index in [2.05, 4.69) is 4.98 Å². The number of hydrogen-bond acceptors (Lipinski definition) is 6. The number of carbonyl (C=O) groups excluding carboxylic acids is 1. The second-order valence-electron chi connectivity index (χ2n) is 9.00. The summed E-state index contributed by atoms with van der Waals surface area (Å²) in [6.07, 6.45) is -0.183. The van der Waals surface area contributed by atoms with Crippen LogP contribution in [0.3, 0.4) is 0 Å². The predicted molar refractivity (Wildman–Crippen MR) is 142 cm³/mol. The number of carbonyl (C=O) groups is 2. The number of benzene rings is 3. The summed E-state index contributed by atoms with van der Waals surface area (Å²) in [6, 6.07) is 22.2. The van der Waals surface area contributed by atoms with Gasteiger partial charge in [-0.2, -0.15) is 0 Å². The second-order valence-corrected chi connectivity index (χ2v) is 9.00. The molecule has 0 saturated carbocycles. The highest BCUT2D eigenvalue weighted by molar-refractivity contribution is 5.78. The number of amides is 1. The van der Waals surface area contributed by atoms with E-state index in [9.17, 15) is 14.7 Å². The van der Waals surface area contributed by atoms with E-state index in [1.165, 1.54) is 0 Å². The first kappa shape index (κ1) is 26.5. The van der Waals surface area contributed by atoms with Gasteiger partial charge < -0.3 is 19.0 Å².